The Bertz CT molecular complexity index is 1010. The van der Waals surface area contributed by atoms with Crippen molar-refractivity contribution in [2.45, 2.75) is 37.1 Å². The Morgan fingerprint density at radius 2 is 1.69 bits per heavy atom. The third kappa shape index (κ3) is 3.64. The van der Waals surface area contributed by atoms with Gasteiger partial charge in [-0.25, -0.2) is 0 Å². The molecule has 0 amide bonds. The van der Waals surface area contributed by atoms with Gasteiger partial charge >= 0.3 is 0 Å². The quantitative estimate of drug-likeness (QED) is 0.704. The zero-order chi connectivity index (χ0) is 19.8. The van der Waals surface area contributed by atoms with Gasteiger partial charge in [-0.3, -0.25) is 0 Å². The largest absolute Gasteiger partial charge is 0.487 e. The van der Waals surface area contributed by atoms with Gasteiger partial charge in [0.2, 0.25) is 0 Å². The molecule has 4 nitrogen and oxygen atoms in total. The molecule has 1 spiro atoms. The fourth-order valence-corrected chi connectivity index (χ4v) is 4.80. The zero-order valence-electron chi connectivity index (χ0n) is 16.5. The molecular weight excluding hydrogens is 362 g/mol. The van der Waals surface area contributed by atoms with E-state index in [-0.39, 0.29) is 5.60 Å². The molecular formula is C25H27NO3. The number of para-hydroxylation sites is 1. The maximum Gasteiger partial charge on any atom is 0.125 e. The molecule has 3 aromatic carbocycles. The van der Waals surface area contributed by atoms with Gasteiger partial charge in [-0.15, -0.1) is 0 Å². The van der Waals surface area contributed by atoms with E-state index in [0.29, 0.717) is 13.0 Å². The van der Waals surface area contributed by atoms with E-state index >= 15 is 0 Å². The highest BCUT2D eigenvalue weighted by Gasteiger charge is 2.42. The van der Waals surface area contributed by atoms with E-state index in [1.54, 1.807) is 0 Å². The van der Waals surface area contributed by atoms with Crippen LogP contribution in [0.2, 0.25) is 0 Å². The van der Waals surface area contributed by atoms with Gasteiger partial charge in [0.1, 0.15) is 11.4 Å². The first kappa shape index (κ1) is 18.6. The minimum absolute atomic E-state index is 0.293. The Labute approximate surface area is 171 Å². The number of aliphatic hydroxyl groups excluding tert-OH is 2. The van der Waals surface area contributed by atoms with E-state index in [1.165, 1.54) is 5.39 Å². The SMILES string of the molecule is O[C@H](CN1CCC2(CC1)C[C@@H](O)c1ccccc1O2)c1ccc2ccccc2c1. The summed E-state index contributed by atoms with van der Waals surface area (Å²) in [4.78, 5) is 2.31. The van der Waals surface area contributed by atoms with Gasteiger partial charge < -0.3 is 19.8 Å². The molecule has 29 heavy (non-hydrogen) atoms. The summed E-state index contributed by atoms with van der Waals surface area (Å²) in [6, 6.07) is 22.2. The maximum absolute atomic E-state index is 10.8. The summed E-state index contributed by atoms with van der Waals surface area (Å²) in [7, 11) is 0. The Morgan fingerprint density at radius 1 is 0.966 bits per heavy atom. The van der Waals surface area contributed by atoms with Crippen molar-refractivity contribution >= 4 is 10.8 Å². The van der Waals surface area contributed by atoms with Crippen molar-refractivity contribution in [3.8, 4) is 5.75 Å². The number of ether oxygens (including phenoxy) is 1. The van der Waals surface area contributed by atoms with Crippen LogP contribution in [-0.2, 0) is 0 Å². The van der Waals surface area contributed by atoms with Crippen molar-refractivity contribution < 1.29 is 14.9 Å². The van der Waals surface area contributed by atoms with E-state index in [2.05, 4.69) is 29.2 Å². The van der Waals surface area contributed by atoms with Gasteiger partial charge in [0, 0.05) is 31.6 Å². The lowest BCUT2D eigenvalue weighted by Gasteiger charge is -2.46. The number of benzene rings is 3. The minimum Gasteiger partial charge on any atom is -0.487 e. The van der Waals surface area contributed by atoms with Crippen LogP contribution in [0.3, 0.4) is 0 Å². The molecule has 2 aliphatic rings. The third-order valence-corrected chi connectivity index (χ3v) is 6.53. The molecule has 2 N–H and O–H groups in total. The van der Waals surface area contributed by atoms with Crippen molar-refractivity contribution in [2.24, 2.45) is 0 Å². The topological polar surface area (TPSA) is 52.9 Å². The number of hydrogen-bond acceptors (Lipinski definition) is 4. The molecule has 0 aromatic heterocycles. The number of nitrogens with zero attached hydrogens (tertiary/aromatic N) is 1. The highest BCUT2D eigenvalue weighted by Crippen LogP contribution is 2.44. The molecule has 0 radical (unpaired) electrons. The van der Waals surface area contributed by atoms with Gasteiger partial charge in [-0.2, -0.15) is 0 Å². The van der Waals surface area contributed by atoms with Crippen LogP contribution in [0.1, 0.15) is 42.6 Å². The molecule has 3 aromatic rings. The van der Waals surface area contributed by atoms with Crippen LogP contribution in [-0.4, -0.2) is 40.3 Å². The lowest BCUT2D eigenvalue weighted by Crippen LogP contribution is -2.51. The fourth-order valence-electron chi connectivity index (χ4n) is 4.80. The van der Waals surface area contributed by atoms with Crippen molar-refractivity contribution in [3.63, 3.8) is 0 Å². The normalized spacial score (nSPS) is 22.2. The summed E-state index contributed by atoms with van der Waals surface area (Å²) >= 11 is 0. The molecule has 5 rings (SSSR count). The average Bonchev–Trinajstić information content (AvgIpc) is 2.75. The van der Waals surface area contributed by atoms with Crippen LogP contribution >= 0.6 is 0 Å². The van der Waals surface area contributed by atoms with Gasteiger partial charge in [0.15, 0.2) is 0 Å². The molecule has 4 heteroatoms. The highest BCUT2D eigenvalue weighted by atomic mass is 16.5. The molecule has 0 bridgehead atoms. The summed E-state index contributed by atoms with van der Waals surface area (Å²) in [6.45, 7) is 2.34. The van der Waals surface area contributed by atoms with E-state index in [9.17, 15) is 10.2 Å². The number of likely N-dealkylation sites (tertiary alicyclic amines) is 1. The van der Waals surface area contributed by atoms with Gasteiger partial charge in [-0.05, 0) is 41.3 Å². The minimum atomic E-state index is -0.507. The van der Waals surface area contributed by atoms with E-state index in [0.717, 1.165) is 48.2 Å². The highest BCUT2D eigenvalue weighted by molar-refractivity contribution is 5.83. The fraction of sp³-hybridized carbons (Fsp3) is 0.360. The number of aliphatic hydroxyl groups is 2. The molecule has 0 aliphatic carbocycles. The van der Waals surface area contributed by atoms with Crippen molar-refractivity contribution in [2.75, 3.05) is 19.6 Å². The molecule has 2 heterocycles. The van der Waals surface area contributed by atoms with Crippen molar-refractivity contribution in [3.05, 3.63) is 77.9 Å². The standard InChI is InChI=1S/C25H27NO3/c27-22-16-25(29-24-8-4-3-7-21(22)24)11-13-26(14-12-25)17-23(28)20-10-9-18-5-1-2-6-19(18)15-20/h1-10,15,22-23,27-28H,11-14,16-17H2/t22-,23-/m1/s1. The molecule has 2 aliphatic heterocycles. The smallest absolute Gasteiger partial charge is 0.125 e. The zero-order valence-corrected chi connectivity index (χ0v) is 16.5. The second kappa shape index (κ2) is 7.45. The second-order valence-corrected chi connectivity index (χ2v) is 8.47. The monoisotopic (exact) mass is 389 g/mol. The van der Waals surface area contributed by atoms with Crippen molar-refractivity contribution in [1.29, 1.82) is 0 Å². The van der Waals surface area contributed by atoms with Gasteiger partial charge in [-0.1, -0.05) is 54.6 Å². The van der Waals surface area contributed by atoms with Crippen molar-refractivity contribution in [1.82, 2.24) is 4.90 Å². The van der Waals surface area contributed by atoms with Crippen LogP contribution in [0.5, 0.6) is 5.75 Å². The van der Waals surface area contributed by atoms with E-state index < -0.39 is 12.2 Å². The summed E-state index contributed by atoms with van der Waals surface area (Å²) in [5.41, 5.74) is 1.56. The molecule has 150 valence electrons. The molecule has 0 saturated carbocycles. The Kier molecular flexibility index (Phi) is 4.78. The Morgan fingerprint density at radius 3 is 2.52 bits per heavy atom. The van der Waals surface area contributed by atoms with Crippen LogP contribution in [0.4, 0.5) is 0 Å². The number of fused-ring (bicyclic) bond motifs is 2. The Hall–Kier alpha value is -2.40. The lowest BCUT2D eigenvalue weighted by atomic mass is 9.81. The van der Waals surface area contributed by atoms with E-state index in [4.69, 9.17) is 4.74 Å². The summed E-state index contributed by atoms with van der Waals surface area (Å²) < 4.78 is 6.37. The molecule has 1 saturated heterocycles. The summed E-state index contributed by atoms with van der Waals surface area (Å²) in [5.74, 6) is 0.816. The number of rotatable bonds is 3. The maximum atomic E-state index is 10.8. The molecule has 2 atom stereocenters. The molecule has 0 unspecified atom stereocenters. The third-order valence-electron chi connectivity index (χ3n) is 6.53. The van der Waals surface area contributed by atoms with Gasteiger partial charge in [0.25, 0.3) is 0 Å². The first-order chi connectivity index (χ1) is 14.1. The first-order valence-electron chi connectivity index (χ1n) is 10.5. The van der Waals surface area contributed by atoms with Crippen LogP contribution in [0.15, 0.2) is 66.7 Å². The number of β-amino-alcohol motifs (C(OH)–C–C–N with tert-alkyl or cyclic N) is 1. The predicted molar refractivity (Wildman–Crippen MR) is 114 cm³/mol. The predicted octanol–water partition coefficient (Wildman–Crippen LogP) is 4.22. The number of piperidine rings is 1. The first-order valence-corrected chi connectivity index (χ1v) is 10.5. The van der Waals surface area contributed by atoms with Gasteiger partial charge in [0.05, 0.1) is 12.2 Å². The average molecular weight is 389 g/mol. The van der Waals surface area contributed by atoms with Crippen LogP contribution in [0, 0.1) is 0 Å². The summed E-state index contributed by atoms with van der Waals surface area (Å²) in [6.07, 6.45) is 1.40. The second-order valence-electron chi connectivity index (χ2n) is 8.47. The number of hydrogen-bond donors (Lipinski definition) is 2. The van der Waals surface area contributed by atoms with Crippen LogP contribution < -0.4 is 4.74 Å². The lowest BCUT2D eigenvalue weighted by molar-refractivity contribution is -0.0587. The van der Waals surface area contributed by atoms with E-state index in [1.807, 2.05) is 42.5 Å². The Balaban J connectivity index is 1.24. The van der Waals surface area contributed by atoms with Crippen LogP contribution in [0.25, 0.3) is 10.8 Å². The summed E-state index contributed by atoms with van der Waals surface area (Å²) in [5, 5.41) is 23.7. The molecule has 1 fully saturated rings.